The van der Waals surface area contributed by atoms with E-state index in [-0.39, 0.29) is 36.3 Å². The van der Waals surface area contributed by atoms with Crippen molar-refractivity contribution in [2.45, 2.75) is 95.5 Å². The zero-order valence-electron chi connectivity index (χ0n) is 25.3. The summed E-state index contributed by atoms with van der Waals surface area (Å²) in [5.74, 6) is -1.28. The lowest BCUT2D eigenvalue weighted by Crippen LogP contribution is -2.53. The van der Waals surface area contributed by atoms with Crippen LogP contribution >= 0.6 is 0 Å². The number of carboxylic acid groups (broad SMARTS) is 1. The molecule has 2 fully saturated rings. The lowest BCUT2D eigenvalue weighted by Gasteiger charge is -2.28. The van der Waals surface area contributed by atoms with Crippen LogP contribution in [-0.4, -0.2) is 76.6 Å². The highest BCUT2D eigenvalue weighted by atomic mass is 16.5. The molecule has 10 heteroatoms. The third kappa shape index (κ3) is 9.54. The second-order valence-corrected chi connectivity index (χ2v) is 12.5. The summed E-state index contributed by atoms with van der Waals surface area (Å²) >= 11 is 0. The third-order valence-corrected chi connectivity index (χ3v) is 7.72. The van der Waals surface area contributed by atoms with Gasteiger partial charge < -0.3 is 30.7 Å². The lowest BCUT2D eigenvalue weighted by atomic mass is 10.0. The van der Waals surface area contributed by atoms with Gasteiger partial charge in [-0.15, -0.1) is 0 Å². The minimum Gasteiger partial charge on any atom is -0.488 e. The first-order chi connectivity index (χ1) is 20.5. The van der Waals surface area contributed by atoms with Crippen LogP contribution in [0.4, 0.5) is 0 Å². The summed E-state index contributed by atoms with van der Waals surface area (Å²) in [4.78, 5) is 53.5. The largest absolute Gasteiger partial charge is 0.488 e. The van der Waals surface area contributed by atoms with Crippen molar-refractivity contribution in [3.63, 3.8) is 0 Å². The molecule has 0 radical (unpaired) electrons. The number of ether oxygens (including phenoxy) is 1. The first-order valence-electron chi connectivity index (χ1n) is 15.2. The number of rotatable bonds is 12. The summed E-state index contributed by atoms with van der Waals surface area (Å²) in [7, 11) is 0. The number of hydrogen-bond acceptors (Lipinski definition) is 6. The van der Waals surface area contributed by atoms with Crippen LogP contribution < -0.4 is 20.7 Å². The lowest BCUT2D eigenvalue weighted by molar-refractivity contribution is -0.142. The molecule has 43 heavy (non-hydrogen) atoms. The number of nitrogens with zero attached hydrogens (tertiary/aromatic N) is 1. The highest BCUT2D eigenvalue weighted by Crippen LogP contribution is 2.22. The molecule has 3 amide bonds. The van der Waals surface area contributed by atoms with Gasteiger partial charge in [0.25, 0.3) is 0 Å². The maximum Gasteiger partial charge on any atom is 0.326 e. The highest BCUT2D eigenvalue weighted by molar-refractivity contribution is 5.91. The fourth-order valence-electron chi connectivity index (χ4n) is 5.73. The fourth-order valence-corrected chi connectivity index (χ4v) is 5.73. The zero-order valence-corrected chi connectivity index (χ0v) is 25.3. The summed E-state index contributed by atoms with van der Waals surface area (Å²) in [6.07, 6.45) is 3.38. The molecule has 0 aliphatic carbocycles. The molecule has 2 aliphatic rings. The highest BCUT2D eigenvalue weighted by Gasteiger charge is 2.38. The van der Waals surface area contributed by atoms with Crippen LogP contribution in [0.1, 0.15) is 64.0 Å². The van der Waals surface area contributed by atoms with Crippen molar-refractivity contribution >= 4 is 23.7 Å². The Morgan fingerprint density at radius 2 is 1.65 bits per heavy atom. The van der Waals surface area contributed by atoms with Gasteiger partial charge in [0.1, 0.15) is 23.4 Å². The SMILES string of the molecule is CC(C)(C)Oc1ccc(C[C@H](NC(=O)C[C@H](Cc2ccccc2)NC(=O)[C@@H]2CCCN2C(=O)[C@@H]2CCCN2)C(=O)O)cc1. The number of likely N-dealkylation sites (tertiary alicyclic amines) is 1. The average molecular weight is 593 g/mol. The number of carbonyl (C=O) groups is 4. The topological polar surface area (TPSA) is 137 Å². The molecule has 2 saturated heterocycles. The molecule has 2 aromatic carbocycles. The van der Waals surface area contributed by atoms with Crippen LogP contribution in [0.3, 0.4) is 0 Å². The molecule has 2 aliphatic heterocycles. The Balaban J connectivity index is 1.40. The smallest absolute Gasteiger partial charge is 0.326 e. The van der Waals surface area contributed by atoms with Crippen LogP contribution in [0, 0.1) is 0 Å². The van der Waals surface area contributed by atoms with Crippen LogP contribution in [0.2, 0.25) is 0 Å². The predicted octanol–water partition coefficient (Wildman–Crippen LogP) is 2.84. The number of nitrogens with one attached hydrogen (secondary N) is 3. The van der Waals surface area contributed by atoms with Gasteiger partial charge in [-0.2, -0.15) is 0 Å². The molecule has 4 atom stereocenters. The molecule has 10 nitrogen and oxygen atoms in total. The molecule has 2 aromatic rings. The van der Waals surface area contributed by atoms with Gasteiger partial charge in [0.2, 0.25) is 17.7 Å². The summed E-state index contributed by atoms with van der Waals surface area (Å²) in [5, 5.41) is 18.7. The van der Waals surface area contributed by atoms with Gasteiger partial charge >= 0.3 is 5.97 Å². The van der Waals surface area contributed by atoms with E-state index in [1.165, 1.54) is 0 Å². The van der Waals surface area contributed by atoms with Crippen LogP contribution in [0.5, 0.6) is 5.75 Å². The number of aliphatic carboxylic acids is 1. The van der Waals surface area contributed by atoms with Crippen LogP contribution in [0.15, 0.2) is 54.6 Å². The molecule has 0 saturated carbocycles. The fraction of sp³-hybridized carbons (Fsp3) is 0.515. The van der Waals surface area contributed by atoms with Crippen molar-refractivity contribution in [3.05, 3.63) is 65.7 Å². The number of carbonyl (C=O) groups excluding carboxylic acids is 3. The summed E-state index contributed by atoms with van der Waals surface area (Å²) in [6.45, 7) is 7.16. The van der Waals surface area contributed by atoms with Gasteiger partial charge in [0, 0.05) is 25.4 Å². The Hall–Kier alpha value is -3.92. The maximum absolute atomic E-state index is 13.5. The normalized spacial score (nSPS) is 19.8. The predicted molar refractivity (Wildman–Crippen MR) is 163 cm³/mol. The minimum absolute atomic E-state index is 0.0465. The second-order valence-electron chi connectivity index (χ2n) is 12.5. The molecule has 0 bridgehead atoms. The standard InChI is InChI=1S/C33H44N4O6/c1-33(2,3)43-25-15-13-23(14-16-25)20-27(32(41)42)36-29(38)21-24(19-22-9-5-4-6-10-22)35-30(39)28-12-8-18-37(28)31(40)26-11-7-17-34-26/h4-6,9-10,13-16,24,26-28,34H,7-8,11-12,17-21H2,1-3H3,(H,35,39)(H,36,38)(H,41,42)/t24-,26-,27-,28-/m0/s1. The van der Waals surface area contributed by atoms with Crippen LogP contribution in [-0.2, 0) is 32.0 Å². The monoisotopic (exact) mass is 592 g/mol. The Morgan fingerprint density at radius 1 is 0.953 bits per heavy atom. The number of hydrogen-bond donors (Lipinski definition) is 4. The summed E-state index contributed by atoms with van der Waals surface area (Å²) in [6, 6.07) is 14.1. The van der Waals surface area contributed by atoms with E-state index in [9.17, 15) is 24.3 Å². The molecule has 232 valence electrons. The molecular weight excluding hydrogens is 548 g/mol. The maximum atomic E-state index is 13.5. The van der Waals surface area contributed by atoms with E-state index in [0.29, 0.717) is 25.1 Å². The Morgan fingerprint density at radius 3 is 2.28 bits per heavy atom. The first-order valence-corrected chi connectivity index (χ1v) is 15.2. The average Bonchev–Trinajstić information content (AvgIpc) is 3.66. The van der Waals surface area contributed by atoms with Gasteiger partial charge in [-0.3, -0.25) is 14.4 Å². The van der Waals surface area contributed by atoms with E-state index in [2.05, 4.69) is 16.0 Å². The van der Waals surface area contributed by atoms with Crippen molar-refractivity contribution in [2.24, 2.45) is 0 Å². The quantitative estimate of drug-likeness (QED) is 0.298. The van der Waals surface area contributed by atoms with Gasteiger partial charge in [0.05, 0.1) is 6.04 Å². The number of amides is 3. The third-order valence-electron chi connectivity index (χ3n) is 7.72. The van der Waals surface area contributed by atoms with Crippen molar-refractivity contribution in [1.82, 2.24) is 20.9 Å². The van der Waals surface area contributed by atoms with E-state index in [1.807, 2.05) is 51.1 Å². The van der Waals surface area contributed by atoms with E-state index in [0.717, 1.165) is 36.9 Å². The van der Waals surface area contributed by atoms with Gasteiger partial charge in [-0.05, 0) is 82.7 Å². The van der Waals surface area contributed by atoms with Gasteiger partial charge in [-0.25, -0.2) is 4.79 Å². The Kier molecular flexibility index (Phi) is 10.8. The molecule has 0 unspecified atom stereocenters. The first kappa shape index (κ1) is 32.0. The molecule has 4 rings (SSSR count). The minimum atomic E-state index is -1.15. The van der Waals surface area contributed by atoms with Crippen LogP contribution in [0.25, 0.3) is 0 Å². The zero-order chi connectivity index (χ0) is 31.0. The van der Waals surface area contributed by atoms with Crippen molar-refractivity contribution < 1.29 is 29.0 Å². The Labute approximate surface area is 253 Å². The molecular formula is C33H44N4O6. The molecule has 0 aromatic heterocycles. The van der Waals surface area contributed by atoms with Crippen molar-refractivity contribution in [2.75, 3.05) is 13.1 Å². The Bertz CT molecular complexity index is 1250. The molecule has 4 N–H and O–H groups in total. The van der Waals surface area contributed by atoms with E-state index in [1.54, 1.807) is 29.2 Å². The van der Waals surface area contributed by atoms with E-state index < -0.39 is 30.0 Å². The van der Waals surface area contributed by atoms with E-state index >= 15 is 0 Å². The van der Waals surface area contributed by atoms with Gasteiger partial charge in [-0.1, -0.05) is 42.5 Å². The summed E-state index contributed by atoms with van der Waals surface area (Å²) in [5.41, 5.74) is 1.32. The van der Waals surface area contributed by atoms with E-state index in [4.69, 9.17) is 4.74 Å². The van der Waals surface area contributed by atoms with Crippen molar-refractivity contribution in [1.29, 1.82) is 0 Å². The van der Waals surface area contributed by atoms with Gasteiger partial charge in [0.15, 0.2) is 0 Å². The molecule has 2 heterocycles. The van der Waals surface area contributed by atoms with Crippen molar-refractivity contribution in [3.8, 4) is 5.75 Å². The number of benzene rings is 2. The second kappa shape index (κ2) is 14.5. The summed E-state index contributed by atoms with van der Waals surface area (Å²) < 4.78 is 5.83. The molecule has 0 spiro atoms. The number of carboxylic acids is 1.